The number of anilines is 1. The van der Waals surface area contributed by atoms with Crippen LogP contribution in [0.1, 0.15) is 36.9 Å². The van der Waals surface area contributed by atoms with Crippen molar-refractivity contribution in [1.29, 1.82) is 0 Å². The summed E-state index contributed by atoms with van der Waals surface area (Å²) in [7, 11) is 3.58. The summed E-state index contributed by atoms with van der Waals surface area (Å²) < 4.78 is 5.98. The Morgan fingerprint density at radius 3 is 2.76 bits per heavy atom. The molecular formula is C22H28N4O3. The van der Waals surface area contributed by atoms with Gasteiger partial charge in [0.2, 0.25) is 11.8 Å². The second-order valence-corrected chi connectivity index (χ2v) is 8.36. The number of benzene rings is 1. The lowest BCUT2D eigenvalue weighted by molar-refractivity contribution is -0.133. The fourth-order valence-corrected chi connectivity index (χ4v) is 4.41. The maximum atomic E-state index is 12.8. The van der Waals surface area contributed by atoms with E-state index in [1.165, 1.54) is 11.9 Å². The molecule has 0 radical (unpaired) electrons. The van der Waals surface area contributed by atoms with Crippen LogP contribution in [0.15, 0.2) is 36.7 Å². The van der Waals surface area contributed by atoms with Crippen molar-refractivity contribution in [3.63, 3.8) is 0 Å². The van der Waals surface area contributed by atoms with Gasteiger partial charge in [-0.05, 0) is 29.9 Å². The molecule has 0 saturated heterocycles. The van der Waals surface area contributed by atoms with Gasteiger partial charge >= 0.3 is 0 Å². The van der Waals surface area contributed by atoms with Gasteiger partial charge in [0, 0.05) is 26.6 Å². The molecule has 29 heavy (non-hydrogen) atoms. The predicted molar refractivity (Wildman–Crippen MR) is 110 cm³/mol. The normalized spacial score (nSPS) is 28.1. The molecule has 1 fully saturated rings. The van der Waals surface area contributed by atoms with Gasteiger partial charge < -0.3 is 20.1 Å². The minimum Gasteiger partial charge on any atom is -0.474 e. The number of aliphatic hydroxyl groups excluding tert-OH is 1. The van der Waals surface area contributed by atoms with Crippen LogP contribution in [-0.4, -0.2) is 52.2 Å². The zero-order valence-electron chi connectivity index (χ0n) is 17.1. The number of nitrogens with one attached hydrogen (secondary N) is 1. The molecule has 1 amide bonds. The van der Waals surface area contributed by atoms with Crippen LogP contribution in [0.3, 0.4) is 0 Å². The highest BCUT2D eigenvalue weighted by atomic mass is 16.5. The number of ether oxygens (including phenoxy) is 1. The number of fused-ring (bicyclic) bond motifs is 1. The van der Waals surface area contributed by atoms with Gasteiger partial charge in [-0.3, -0.25) is 4.79 Å². The summed E-state index contributed by atoms with van der Waals surface area (Å²) in [5, 5.41) is 13.4. The molecular weight excluding hydrogens is 368 g/mol. The van der Waals surface area contributed by atoms with E-state index in [2.05, 4.69) is 27.4 Å². The molecule has 1 aromatic carbocycles. The number of carbonyl (C=O) groups is 1. The van der Waals surface area contributed by atoms with Crippen LogP contribution in [-0.2, 0) is 11.2 Å². The van der Waals surface area contributed by atoms with Crippen LogP contribution in [0.4, 0.5) is 5.82 Å². The Labute approximate surface area is 171 Å². The fraction of sp³-hybridized carbons (Fsp3) is 0.500. The third-order valence-corrected chi connectivity index (χ3v) is 6.02. The summed E-state index contributed by atoms with van der Waals surface area (Å²) >= 11 is 0. The Balaban J connectivity index is 1.53. The number of rotatable bonds is 5. The van der Waals surface area contributed by atoms with Crippen LogP contribution in [0.2, 0.25) is 0 Å². The number of aliphatic hydroxyl groups is 1. The van der Waals surface area contributed by atoms with Gasteiger partial charge in [-0.2, -0.15) is 0 Å². The first-order chi connectivity index (χ1) is 13.9. The van der Waals surface area contributed by atoms with Crippen LogP contribution in [0.5, 0.6) is 5.88 Å². The van der Waals surface area contributed by atoms with E-state index in [0.717, 1.165) is 12.0 Å². The highest BCUT2D eigenvalue weighted by molar-refractivity contribution is 5.81. The molecule has 154 valence electrons. The van der Waals surface area contributed by atoms with Gasteiger partial charge in [-0.25, -0.2) is 9.97 Å². The van der Waals surface area contributed by atoms with E-state index in [1.807, 2.05) is 19.1 Å². The lowest BCUT2D eigenvalue weighted by Crippen LogP contribution is -2.34. The Morgan fingerprint density at radius 2 is 2.03 bits per heavy atom. The van der Waals surface area contributed by atoms with Crippen molar-refractivity contribution in [2.75, 3.05) is 19.4 Å². The van der Waals surface area contributed by atoms with E-state index in [1.54, 1.807) is 25.1 Å². The van der Waals surface area contributed by atoms with Crippen LogP contribution >= 0.6 is 0 Å². The maximum Gasteiger partial charge on any atom is 0.227 e. The van der Waals surface area contributed by atoms with E-state index >= 15 is 0 Å². The highest BCUT2D eigenvalue weighted by Crippen LogP contribution is 2.39. The largest absolute Gasteiger partial charge is 0.474 e. The van der Waals surface area contributed by atoms with E-state index in [4.69, 9.17) is 4.74 Å². The van der Waals surface area contributed by atoms with Gasteiger partial charge in [0.25, 0.3) is 0 Å². The Hall–Kier alpha value is -2.67. The summed E-state index contributed by atoms with van der Waals surface area (Å²) in [5.41, 5.74) is 2.31. The van der Waals surface area contributed by atoms with Crippen molar-refractivity contribution in [1.82, 2.24) is 14.9 Å². The molecule has 0 spiro atoms. The second kappa shape index (κ2) is 7.99. The summed E-state index contributed by atoms with van der Waals surface area (Å²) in [6.45, 7) is 2.03. The van der Waals surface area contributed by atoms with E-state index in [9.17, 15) is 9.90 Å². The smallest absolute Gasteiger partial charge is 0.227 e. The number of carbonyl (C=O) groups excluding carboxylic acids is 1. The van der Waals surface area contributed by atoms with E-state index in [-0.39, 0.29) is 36.0 Å². The molecule has 0 bridgehead atoms. The standard InChI is InChI=1S/C22H28N4O3/c1-13-8-15(10-18(13)27)29-20-11-19(23-12-24-20)25-21-16-7-5-4-6-14(16)9-17(21)22(28)26(2)3/h4-7,11-13,15,17-18,21,27H,8-10H2,1-3H3,(H,23,24,25)/t13-,15+,17-,18-,21+/m1/s1. The molecule has 0 unspecified atom stereocenters. The lowest BCUT2D eigenvalue weighted by Gasteiger charge is -2.24. The second-order valence-electron chi connectivity index (χ2n) is 8.36. The zero-order valence-corrected chi connectivity index (χ0v) is 17.1. The van der Waals surface area contributed by atoms with Gasteiger partial charge in [0.05, 0.1) is 18.1 Å². The van der Waals surface area contributed by atoms with Crippen LogP contribution in [0, 0.1) is 11.8 Å². The molecule has 2 aromatic rings. The molecule has 1 saturated carbocycles. The van der Waals surface area contributed by atoms with Gasteiger partial charge in [-0.15, -0.1) is 0 Å². The van der Waals surface area contributed by atoms with E-state index in [0.29, 0.717) is 24.5 Å². The summed E-state index contributed by atoms with van der Waals surface area (Å²) in [4.78, 5) is 23.0. The summed E-state index contributed by atoms with van der Waals surface area (Å²) in [5.74, 6) is 1.24. The lowest BCUT2D eigenvalue weighted by atomic mass is 9.99. The van der Waals surface area contributed by atoms with E-state index < -0.39 is 0 Å². The first-order valence-electron chi connectivity index (χ1n) is 10.1. The monoisotopic (exact) mass is 396 g/mol. The molecule has 2 aliphatic rings. The number of amides is 1. The molecule has 7 heteroatoms. The highest BCUT2D eigenvalue weighted by Gasteiger charge is 2.38. The van der Waals surface area contributed by atoms with Crippen molar-refractivity contribution in [2.45, 2.75) is 44.4 Å². The Kier molecular flexibility index (Phi) is 5.41. The molecule has 0 aliphatic heterocycles. The van der Waals surface area contributed by atoms with Crippen molar-refractivity contribution in [2.24, 2.45) is 11.8 Å². The molecule has 7 nitrogen and oxygen atoms in total. The quantitative estimate of drug-likeness (QED) is 0.807. The Bertz CT molecular complexity index is 878. The average Bonchev–Trinajstić information content (AvgIpc) is 3.21. The van der Waals surface area contributed by atoms with Gasteiger partial charge in [0.15, 0.2) is 0 Å². The summed E-state index contributed by atoms with van der Waals surface area (Å²) in [6.07, 6.45) is 3.23. The number of nitrogens with zero attached hydrogens (tertiary/aromatic N) is 3. The SMILES string of the molecule is C[C@@H]1C[C@H](Oc2cc(N[C@H]3c4ccccc4C[C@H]3C(=O)N(C)C)ncn2)C[C@H]1O. The minimum atomic E-state index is -0.327. The minimum absolute atomic E-state index is 0.0435. The van der Waals surface area contributed by atoms with Crippen molar-refractivity contribution >= 4 is 11.7 Å². The summed E-state index contributed by atoms with van der Waals surface area (Å²) in [6, 6.07) is 9.76. The molecule has 1 aromatic heterocycles. The first kappa shape index (κ1) is 19.6. The maximum absolute atomic E-state index is 12.8. The Morgan fingerprint density at radius 1 is 1.24 bits per heavy atom. The van der Waals surface area contributed by atoms with Crippen molar-refractivity contribution < 1.29 is 14.6 Å². The topological polar surface area (TPSA) is 87.6 Å². The first-order valence-corrected chi connectivity index (χ1v) is 10.1. The third kappa shape index (κ3) is 4.05. The predicted octanol–water partition coefficient (Wildman–Crippen LogP) is 2.43. The number of hydrogen-bond acceptors (Lipinski definition) is 6. The molecule has 5 atom stereocenters. The fourth-order valence-electron chi connectivity index (χ4n) is 4.41. The number of hydrogen-bond donors (Lipinski definition) is 2. The zero-order chi connectivity index (χ0) is 20.5. The van der Waals surface area contributed by atoms with Gasteiger partial charge in [-0.1, -0.05) is 31.2 Å². The molecule has 1 heterocycles. The molecule has 2 N–H and O–H groups in total. The van der Waals surface area contributed by atoms with Crippen LogP contribution in [0.25, 0.3) is 0 Å². The average molecular weight is 396 g/mol. The molecule has 2 aliphatic carbocycles. The van der Waals surface area contributed by atoms with Crippen LogP contribution < -0.4 is 10.1 Å². The van der Waals surface area contributed by atoms with Crippen molar-refractivity contribution in [3.05, 3.63) is 47.8 Å². The number of aromatic nitrogens is 2. The van der Waals surface area contributed by atoms with Crippen molar-refractivity contribution in [3.8, 4) is 5.88 Å². The van der Waals surface area contributed by atoms with Gasteiger partial charge in [0.1, 0.15) is 18.2 Å². The molecule has 4 rings (SSSR count). The third-order valence-electron chi connectivity index (χ3n) is 6.02.